The summed E-state index contributed by atoms with van der Waals surface area (Å²) < 4.78 is 13.4. The van der Waals surface area contributed by atoms with Crippen molar-refractivity contribution in [3.63, 3.8) is 0 Å². The maximum absolute atomic E-state index is 13.4. The largest absolute Gasteiger partial charge is 0.507 e. The molecular formula is C26H31ClFN5O2. The Morgan fingerprint density at radius 1 is 1.11 bits per heavy atom. The van der Waals surface area contributed by atoms with Crippen LogP contribution in [-0.2, 0) is 18.0 Å². The third kappa shape index (κ3) is 7.07. The molecule has 1 aromatic heterocycles. The number of benzene rings is 2. The van der Waals surface area contributed by atoms with Crippen molar-refractivity contribution in [2.24, 2.45) is 0 Å². The molecule has 5 N–H and O–H groups in total. The summed E-state index contributed by atoms with van der Waals surface area (Å²) in [5, 5.41) is 16.9. The summed E-state index contributed by atoms with van der Waals surface area (Å²) >= 11 is 5.96. The van der Waals surface area contributed by atoms with Crippen LogP contribution in [0.2, 0.25) is 5.02 Å². The molecule has 0 saturated carbocycles. The van der Waals surface area contributed by atoms with Crippen molar-refractivity contribution in [1.82, 2.24) is 15.2 Å². The number of alkyl halides is 1. The predicted molar refractivity (Wildman–Crippen MR) is 140 cm³/mol. The molecular weight excluding hydrogens is 469 g/mol. The van der Waals surface area contributed by atoms with Crippen LogP contribution in [0.15, 0.2) is 48.5 Å². The van der Waals surface area contributed by atoms with E-state index < -0.39 is 6.67 Å². The van der Waals surface area contributed by atoms with Gasteiger partial charge in [-0.25, -0.2) is 9.37 Å². The Bertz CT molecular complexity index is 1170. The summed E-state index contributed by atoms with van der Waals surface area (Å²) in [6, 6.07) is 13.4. The minimum Gasteiger partial charge on any atom is -0.507 e. The molecule has 0 saturated heterocycles. The van der Waals surface area contributed by atoms with Crippen molar-refractivity contribution < 1.29 is 14.3 Å². The van der Waals surface area contributed by atoms with E-state index in [0.29, 0.717) is 51.7 Å². The van der Waals surface area contributed by atoms with Gasteiger partial charge in [-0.1, -0.05) is 31.5 Å². The van der Waals surface area contributed by atoms with E-state index in [-0.39, 0.29) is 24.0 Å². The molecule has 35 heavy (non-hydrogen) atoms. The van der Waals surface area contributed by atoms with Crippen LogP contribution in [-0.4, -0.2) is 40.5 Å². The molecule has 1 heterocycles. The molecule has 0 aliphatic rings. The lowest BCUT2D eigenvalue weighted by Gasteiger charge is -2.17. The average molecular weight is 500 g/mol. The van der Waals surface area contributed by atoms with Gasteiger partial charge in [0, 0.05) is 52.6 Å². The fraction of sp³-hybridized carbons (Fsp3) is 0.308. The molecule has 0 fully saturated rings. The van der Waals surface area contributed by atoms with Gasteiger partial charge in [-0.3, -0.25) is 4.79 Å². The molecule has 0 aliphatic carbocycles. The van der Waals surface area contributed by atoms with Gasteiger partial charge in [0.1, 0.15) is 18.2 Å². The first-order valence-corrected chi connectivity index (χ1v) is 11.9. The predicted octanol–water partition coefficient (Wildman–Crippen LogP) is 5.25. The number of aromatic hydroxyl groups is 1. The molecule has 186 valence electrons. The number of phenols is 1. The summed E-state index contributed by atoms with van der Waals surface area (Å²) in [5.41, 5.74) is 9.42. The lowest BCUT2D eigenvalue weighted by Crippen LogP contribution is -2.30. The van der Waals surface area contributed by atoms with Gasteiger partial charge in [0.05, 0.1) is 5.69 Å². The van der Waals surface area contributed by atoms with E-state index in [2.05, 4.69) is 34.4 Å². The van der Waals surface area contributed by atoms with E-state index in [0.717, 1.165) is 13.1 Å². The topological polar surface area (TPSA) is 104 Å². The van der Waals surface area contributed by atoms with Gasteiger partial charge < -0.3 is 26.4 Å². The number of aromatic nitrogens is 1. The number of amides is 1. The Hall–Kier alpha value is -3.36. The summed E-state index contributed by atoms with van der Waals surface area (Å²) in [6.45, 7) is 6.25. The van der Waals surface area contributed by atoms with Gasteiger partial charge in [0.25, 0.3) is 0 Å². The lowest BCUT2D eigenvalue weighted by atomic mass is 10.1. The van der Waals surface area contributed by atoms with Crippen LogP contribution in [0, 0.1) is 0 Å². The third-order valence-corrected chi connectivity index (χ3v) is 6.04. The molecule has 0 radical (unpaired) electrons. The van der Waals surface area contributed by atoms with Gasteiger partial charge in [-0.05, 0) is 55.6 Å². The van der Waals surface area contributed by atoms with Crippen LogP contribution in [0.25, 0.3) is 11.3 Å². The molecule has 3 aromatic rings. The maximum Gasteiger partial charge on any atom is 0.221 e. The molecule has 9 heteroatoms. The normalized spacial score (nSPS) is 11.0. The molecule has 0 bridgehead atoms. The monoisotopic (exact) mass is 499 g/mol. The Balaban J connectivity index is 1.71. The van der Waals surface area contributed by atoms with Gasteiger partial charge in [0.2, 0.25) is 5.91 Å². The number of nitrogens with two attached hydrogens (primary N) is 1. The van der Waals surface area contributed by atoms with Gasteiger partial charge in [-0.2, -0.15) is 0 Å². The van der Waals surface area contributed by atoms with Crippen LogP contribution >= 0.6 is 11.6 Å². The van der Waals surface area contributed by atoms with E-state index in [1.54, 1.807) is 42.5 Å². The molecule has 7 nitrogen and oxygen atoms in total. The second-order valence-corrected chi connectivity index (χ2v) is 8.52. The molecule has 0 unspecified atom stereocenters. The summed E-state index contributed by atoms with van der Waals surface area (Å²) in [5.74, 6) is 0.245. The van der Waals surface area contributed by atoms with Crippen LogP contribution in [0.4, 0.5) is 21.6 Å². The SMILES string of the molecule is CCN(CC)CCC(=O)NCc1ccc(-c2cc(Nc3ccc(Cl)cc3CF)ccc2O)nc1N. The van der Waals surface area contributed by atoms with E-state index in [1.807, 2.05) is 0 Å². The minimum atomic E-state index is -0.667. The number of phenolic OH excluding ortho intramolecular Hbond substituents is 1. The Labute approximate surface area is 210 Å². The number of carbonyl (C=O) groups is 1. The highest BCUT2D eigenvalue weighted by Crippen LogP contribution is 2.33. The second-order valence-electron chi connectivity index (χ2n) is 8.09. The summed E-state index contributed by atoms with van der Waals surface area (Å²) in [4.78, 5) is 18.8. The molecule has 1 amide bonds. The summed E-state index contributed by atoms with van der Waals surface area (Å²) in [6.07, 6.45) is 0.415. The average Bonchev–Trinajstić information content (AvgIpc) is 2.86. The number of anilines is 3. The maximum atomic E-state index is 13.4. The van der Waals surface area contributed by atoms with Crippen molar-refractivity contribution >= 4 is 34.7 Å². The molecule has 3 rings (SSSR count). The molecule has 0 atom stereocenters. The zero-order chi connectivity index (χ0) is 25.4. The first kappa shape index (κ1) is 26.2. The van der Waals surface area contributed by atoms with Crippen molar-refractivity contribution in [3.8, 4) is 17.0 Å². The number of halogens is 2. The van der Waals surface area contributed by atoms with E-state index in [1.165, 1.54) is 6.07 Å². The highest BCUT2D eigenvalue weighted by atomic mass is 35.5. The van der Waals surface area contributed by atoms with Crippen LogP contribution in [0.1, 0.15) is 31.4 Å². The van der Waals surface area contributed by atoms with Crippen molar-refractivity contribution in [2.45, 2.75) is 33.5 Å². The van der Waals surface area contributed by atoms with E-state index in [9.17, 15) is 14.3 Å². The third-order valence-electron chi connectivity index (χ3n) is 5.80. The Morgan fingerprint density at radius 3 is 2.57 bits per heavy atom. The smallest absolute Gasteiger partial charge is 0.221 e. The highest BCUT2D eigenvalue weighted by Gasteiger charge is 2.12. The standard InChI is InChI=1S/C26H31ClFN5O2/c1-3-33(4-2)12-11-25(35)30-16-17-5-8-23(32-26(17)29)21-14-20(7-10-24(21)34)31-22-9-6-19(27)13-18(22)15-28/h5-10,13-14,31,34H,3-4,11-12,15-16H2,1-2H3,(H2,29,32)(H,30,35). The fourth-order valence-electron chi connectivity index (χ4n) is 3.65. The molecule has 0 aliphatic heterocycles. The minimum absolute atomic E-state index is 0.0294. The zero-order valence-electron chi connectivity index (χ0n) is 19.9. The van der Waals surface area contributed by atoms with Crippen molar-refractivity contribution in [2.75, 3.05) is 30.7 Å². The number of nitrogen functional groups attached to an aromatic ring is 1. The van der Waals surface area contributed by atoms with Gasteiger partial charge in [0.15, 0.2) is 0 Å². The van der Waals surface area contributed by atoms with Crippen molar-refractivity contribution in [3.05, 3.63) is 64.7 Å². The number of hydrogen-bond donors (Lipinski definition) is 4. The number of rotatable bonds is 11. The van der Waals surface area contributed by atoms with Gasteiger partial charge >= 0.3 is 0 Å². The molecule has 2 aromatic carbocycles. The van der Waals surface area contributed by atoms with Crippen LogP contribution in [0.3, 0.4) is 0 Å². The van der Waals surface area contributed by atoms with Crippen LogP contribution < -0.4 is 16.4 Å². The van der Waals surface area contributed by atoms with Crippen LogP contribution in [0.5, 0.6) is 5.75 Å². The lowest BCUT2D eigenvalue weighted by molar-refractivity contribution is -0.121. The summed E-state index contributed by atoms with van der Waals surface area (Å²) in [7, 11) is 0. The first-order valence-electron chi connectivity index (χ1n) is 11.5. The zero-order valence-corrected chi connectivity index (χ0v) is 20.7. The van der Waals surface area contributed by atoms with Gasteiger partial charge in [-0.15, -0.1) is 0 Å². The van der Waals surface area contributed by atoms with E-state index >= 15 is 0 Å². The number of nitrogens with one attached hydrogen (secondary N) is 2. The quantitative estimate of drug-likeness (QED) is 0.269. The Kier molecular flexibility index (Phi) is 9.28. The second kappa shape index (κ2) is 12.4. The fourth-order valence-corrected chi connectivity index (χ4v) is 3.85. The van der Waals surface area contributed by atoms with Crippen molar-refractivity contribution in [1.29, 1.82) is 0 Å². The molecule has 0 spiro atoms. The first-order chi connectivity index (χ1) is 16.8. The number of nitrogens with zero attached hydrogens (tertiary/aromatic N) is 2. The number of hydrogen-bond acceptors (Lipinski definition) is 6. The number of pyridine rings is 1. The Morgan fingerprint density at radius 2 is 1.89 bits per heavy atom. The number of carbonyl (C=O) groups excluding carboxylic acids is 1. The van der Waals surface area contributed by atoms with E-state index in [4.69, 9.17) is 17.3 Å². The highest BCUT2D eigenvalue weighted by molar-refractivity contribution is 6.30.